The van der Waals surface area contributed by atoms with Crippen LogP contribution in [0.4, 0.5) is 0 Å². The summed E-state index contributed by atoms with van der Waals surface area (Å²) in [6.45, 7) is 12.0. The Kier molecular flexibility index (Phi) is 7.38. The smallest absolute Gasteiger partial charge is 0.255 e. The van der Waals surface area contributed by atoms with Gasteiger partial charge in [-0.05, 0) is 42.5 Å². The maximum absolute atomic E-state index is 13.0. The topological polar surface area (TPSA) is 40.6 Å². The molecule has 0 N–H and O–H groups in total. The van der Waals surface area contributed by atoms with E-state index in [9.17, 15) is 9.59 Å². The van der Waals surface area contributed by atoms with Crippen molar-refractivity contribution in [2.45, 2.75) is 50.7 Å². The number of halogens is 1. The number of benzene rings is 2. The Morgan fingerprint density at radius 3 is 2.35 bits per heavy atom. The molecule has 3 rings (SSSR count). The van der Waals surface area contributed by atoms with Gasteiger partial charge in [0.25, 0.3) is 5.91 Å². The fourth-order valence-corrected chi connectivity index (χ4v) is 5.27. The van der Waals surface area contributed by atoms with E-state index in [2.05, 4.69) is 45.0 Å². The molecule has 1 heterocycles. The number of carbonyl (C=O) groups excluding carboxylic acids is 2. The van der Waals surface area contributed by atoms with Gasteiger partial charge in [0.2, 0.25) is 5.91 Å². The second-order valence-corrected chi connectivity index (χ2v) is 10.7. The first kappa shape index (κ1) is 23.7. The van der Waals surface area contributed by atoms with Crippen LogP contribution in [-0.2, 0) is 10.2 Å². The van der Waals surface area contributed by atoms with Crippen LogP contribution in [0.2, 0.25) is 5.02 Å². The van der Waals surface area contributed by atoms with Crippen LogP contribution < -0.4 is 0 Å². The standard InChI is InChI=1S/C25H31ClN2O2S/c1-6-27(23(30)20-9-7-8-10-21(20)26)15-16-28-22(29)17(2)31-24(28)18-11-13-19(14-12-18)25(3,4)5/h7-14,17,24H,6,15-16H2,1-5H3. The molecule has 1 fully saturated rings. The van der Waals surface area contributed by atoms with Crippen LogP contribution in [0, 0.1) is 0 Å². The van der Waals surface area contributed by atoms with Crippen molar-refractivity contribution in [2.24, 2.45) is 0 Å². The molecule has 0 spiro atoms. The van der Waals surface area contributed by atoms with E-state index in [4.69, 9.17) is 11.6 Å². The van der Waals surface area contributed by atoms with Gasteiger partial charge in [0.15, 0.2) is 0 Å². The highest BCUT2D eigenvalue weighted by Crippen LogP contribution is 2.43. The SMILES string of the molecule is CCN(CCN1C(=O)C(C)SC1c1ccc(C(C)(C)C)cc1)C(=O)c1ccccc1Cl. The molecule has 2 aromatic carbocycles. The van der Waals surface area contributed by atoms with Gasteiger partial charge >= 0.3 is 0 Å². The number of hydrogen-bond acceptors (Lipinski definition) is 3. The minimum Gasteiger partial charge on any atom is -0.337 e. The predicted octanol–water partition coefficient (Wildman–Crippen LogP) is 5.76. The average molecular weight is 459 g/mol. The van der Waals surface area contributed by atoms with Crippen molar-refractivity contribution in [3.8, 4) is 0 Å². The summed E-state index contributed by atoms with van der Waals surface area (Å²) < 4.78 is 0. The fraction of sp³-hybridized carbons (Fsp3) is 0.440. The molecule has 166 valence electrons. The zero-order valence-corrected chi connectivity index (χ0v) is 20.5. The Hall–Kier alpha value is -1.98. The van der Waals surface area contributed by atoms with Gasteiger partial charge in [-0.1, -0.05) is 68.8 Å². The van der Waals surface area contributed by atoms with Crippen molar-refractivity contribution in [1.29, 1.82) is 0 Å². The van der Waals surface area contributed by atoms with Crippen molar-refractivity contribution in [3.63, 3.8) is 0 Å². The van der Waals surface area contributed by atoms with E-state index < -0.39 is 0 Å². The number of thioether (sulfide) groups is 1. The van der Waals surface area contributed by atoms with E-state index in [0.29, 0.717) is 30.2 Å². The summed E-state index contributed by atoms with van der Waals surface area (Å²) in [5.74, 6) is 0.0164. The highest BCUT2D eigenvalue weighted by molar-refractivity contribution is 8.01. The number of amides is 2. The lowest BCUT2D eigenvalue weighted by molar-refractivity contribution is -0.130. The van der Waals surface area contributed by atoms with Gasteiger partial charge in [0, 0.05) is 19.6 Å². The third-order valence-electron chi connectivity index (χ3n) is 5.69. The number of nitrogens with zero attached hydrogens (tertiary/aromatic N) is 2. The summed E-state index contributed by atoms with van der Waals surface area (Å²) >= 11 is 7.89. The van der Waals surface area contributed by atoms with E-state index in [1.807, 2.05) is 30.9 Å². The molecule has 1 aliphatic heterocycles. The molecule has 0 aliphatic carbocycles. The molecule has 1 saturated heterocycles. The molecule has 2 atom stereocenters. The second kappa shape index (κ2) is 9.66. The van der Waals surface area contributed by atoms with Gasteiger partial charge < -0.3 is 9.80 Å². The fourth-order valence-electron chi connectivity index (χ4n) is 3.74. The van der Waals surface area contributed by atoms with Crippen molar-refractivity contribution in [1.82, 2.24) is 9.80 Å². The minimum absolute atomic E-state index is 0.0364. The van der Waals surface area contributed by atoms with E-state index in [-0.39, 0.29) is 27.9 Å². The summed E-state index contributed by atoms with van der Waals surface area (Å²) in [7, 11) is 0. The van der Waals surface area contributed by atoms with Crippen molar-refractivity contribution in [2.75, 3.05) is 19.6 Å². The maximum atomic E-state index is 13.0. The van der Waals surface area contributed by atoms with Gasteiger partial charge in [0.1, 0.15) is 5.37 Å². The van der Waals surface area contributed by atoms with E-state index in [1.165, 1.54) is 5.56 Å². The molecule has 1 aliphatic rings. The summed E-state index contributed by atoms with van der Waals surface area (Å²) in [4.78, 5) is 29.5. The van der Waals surface area contributed by atoms with E-state index in [1.54, 1.807) is 28.8 Å². The van der Waals surface area contributed by atoms with Gasteiger partial charge in [-0.2, -0.15) is 0 Å². The lowest BCUT2D eigenvalue weighted by Crippen LogP contribution is -2.40. The molecular formula is C25H31ClN2O2S. The quantitative estimate of drug-likeness (QED) is 0.552. The highest BCUT2D eigenvalue weighted by Gasteiger charge is 2.38. The Morgan fingerprint density at radius 1 is 1.13 bits per heavy atom. The first-order valence-electron chi connectivity index (χ1n) is 10.7. The second-order valence-electron chi connectivity index (χ2n) is 8.90. The third kappa shape index (κ3) is 5.27. The predicted molar refractivity (Wildman–Crippen MR) is 130 cm³/mol. The Bertz CT molecular complexity index is 939. The monoisotopic (exact) mass is 458 g/mol. The number of rotatable bonds is 6. The van der Waals surface area contributed by atoms with Gasteiger partial charge in [-0.25, -0.2) is 0 Å². The third-order valence-corrected chi connectivity index (χ3v) is 7.42. The molecule has 2 unspecified atom stereocenters. The Labute approximate surface area is 194 Å². The Balaban J connectivity index is 1.75. The van der Waals surface area contributed by atoms with E-state index in [0.717, 1.165) is 5.56 Å². The number of carbonyl (C=O) groups is 2. The largest absolute Gasteiger partial charge is 0.337 e. The molecule has 0 radical (unpaired) electrons. The molecule has 4 nitrogen and oxygen atoms in total. The zero-order valence-electron chi connectivity index (χ0n) is 18.9. The molecule has 2 amide bonds. The molecule has 0 saturated carbocycles. The normalized spacial score (nSPS) is 19.0. The van der Waals surface area contributed by atoms with Crippen molar-refractivity contribution in [3.05, 3.63) is 70.2 Å². The summed E-state index contributed by atoms with van der Waals surface area (Å²) in [6, 6.07) is 15.7. The lowest BCUT2D eigenvalue weighted by atomic mass is 9.86. The van der Waals surface area contributed by atoms with Crippen LogP contribution in [0.1, 0.15) is 61.5 Å². The molecular weight excluding hydrogens is 428 g/mol. The van der Waals surface area contributed by atoms with E-state index >= 15 is 0 Å². The maximum Gasteiger partial charge on any atom is 0.255 e. The summed E-state index contributed by atoms with van der Waals surface area (Å²) in [5.41, 5.74) is 2.98. The summed E-state index contributed by atoms with van der Waals surface area (Å²) in [6.07, 6.45) is 0. The number of hydrogen-bond donors (Lipinski definition) is 0. The van der Waals surface area contributed by atoms with Gasteiger partial charge in [-0.3, -0.25) is 9.59 Å². The van der Waals surface area contributed by atoms with Crippen molar-refractivity contribution >= 4 is 35.2 Å². The molecule has 2 aromatic rings. The molecule has 31 heavy (non-hydrogen) atoms. The zero-order chi connectivity index (χ0) is 22.8. The lowest BCUT2D eigenvalue weighted by Gasteiger charge is -2.29. The van der Waals surface area contributed by atoms with Crippen LogP contribution in [0.3, 0.4) is 0 Å². The average Bonchev–Trinajstić information content (AvgIpc) is 3.02. The van der Waals surface area contributed by atoms with Crippen molar-refractivity contribution < 1.29 is 9.59 Å². The first-order valence-corrected chi connectivity index (χ1v) is 12.1. The highest BCUT2D eigenvalue weighted by atomic mass is 35.5. The molecule has 0 aromatic heterocycles. The first-order chi connectivity index (χ1) is 14.6. The minimum atomic E-state index is -0.105. The van der Waals surface area contributed by atoms with Crippen LogP contribution in [0.25, 0.3) is 0 Å². The number of likely N-dealkylation sites (N-methyl/N-ethyl adjacent to an activating group) is 1. The van der Waals surface area contributed by atoms with Crippen LogP contribution >= 0.6 is 23.4 Å². The van der Waals surface area contributed by atoms with Crippen LogP contribution in [0.15, 0.2) is 48.5 Å². The molecule has 6 heteroatoms. The van der Waals surface area contributed by atoms with Gasteiger partial charge in [0.05, 0.1) is 15.8 Å². The van der Waals surface area contributed by atoms with Crippen LogP contribution in [-0.4, -0.2) is 46.5 Å². The molecule has 0 bridgehead atoms. The summed E-state index contributed by atoms with van der Waals surface area (Å²) in [5, 5.41) is 0.316. The van der Waals surface area contributed by atoms with Crippen LogP contribution in [0.5, 0.6) is 0 Å². The van der Waals surface area contributed by atoms with Gasteiger partial charge in [-0.15, -0.1) is 11.8 Å². The Morgan fingerprint density at radius 2 is 1.77 bits per heavy atom.